The Kier molecular flexibility index (Phi) is 8.12. The minimum Gasteiger partial charge on any atom is -0.493 e. The van der Waals surface area contributed by atoms with E-state index in [-0.39, 0.29) is 17.7 Å². The van der Waals surface area contributed by atoms with Gasteiger partial charge in [0.25, 0.3) is 5.91 Å². The van der Waals surface area contributed by atoms with Crippen molar-refractivity contribution in [2.45, 2.75) is 13.0 Å². The van der Waals surface area contributed by atoms with Crippen LogP contribution in [0.15, 0.2) is 87.2 Å². The van der Waals surface area contributed by atoms with Gasteiger partial charge >= 0.3 is 5.97 Å². The van der Waals surface area contributed by atoms with Gasteiger partial charge in [-0.2, -0.15) is 0 Å². The molecule has 0 spiro atoms. The van der Waals surface area contributed by atoms with Crippen molar-refractivity contribution < 1.29 is 24.2 Å². The third kappa shape index (κ3) is 5.80. The number of ether oxygens (including phenoxy) is 2. The zero-order chi connectivity index (χ0) is 25.7. The summed E-state index contributed by atoms with van der Waals surface area (Å²) in [6, 6.07) is 22.5. The molecule has 1 aliphatic heterocycles. The number of para-hydroxylation sites is 1. The molecule has 0 aromatic heterocycles. The molecule has 1 aliphatic rings. The highest BCUT2D eigenvalue weighted by Gasteiger charge is 2.37. The van der Waals surface area contributed by atoms with Gasteiger partial charge in [-0.3, -0.25) is 9.69 Å². The van der Waals surface area contributed by atoms with E-state index >= 15 is 0 Å². The molecule has 0 aliphatic carbocycles. The lowest BCUT2D eigenvalue weighted by molar-refractivity contribution is -0.139. The average Bonchev–Trinajstić information content (AvgIpc) is 3.17. The van der Waals surface area contributed by atoms with Crippen LogP contribution >= 0.6 is 27.7 Å². The van der Waals surface area contributed by atoms with E-state index in [0.717, 1.165) is 11.3 Å². The number of hydrogen-bond donors (Lipinski definition) is 1. The lowest BCUT2D eigenvalue weighted by atomic mass is 10.1. The zero-order valence-corrected chi connectivity index (χ0v) is 22.0. The van der Waals surface area contributed by atoms with Crippen LogP contribution in [0.2, 0.25) is 0 Å². The number of hydrogen-bond acceptors (Lipinski definition) is 6. The van der Waals surface area contributed by atoms with Crippen molar-refractivity contribution in [2.75, 3.05) is 13.7 Å². The highest BCUT2D eigenvalue weighted by atomic mass is 79.9. The molecule has 1 heterocycles. The van der Waals surface area contributed by atoms with E-state index in [2.05, 4.69) is 15.9 Å². The van der Waals surface area contributed by atoms with Gasteiger partial charge in [-0.15, -0.1) is 0 Å². The Morgan fingerprint density at radius 1 is 1.14 bits per heavy atom. The summed E-state index contributed by atoms with van der Waals surface area (Å²) in [7, 11) is 1.47. The van der Waals surface area contributed by atoms with Crippen molar-refractivity contribution in [3.05, 3.63) is 93.3 Å². The summed E-state index contributed by atoms with van der Waals surface area (Å²) in [4.78, 5) is 31.5. The van der Waals surface area contributed by atoms with Gasteiger partial charge in [-0.05, 0) is 76.1 Å². The normalized spacial score (nSPS) is 16.4. The lowest BCUT2D eigenvalue weighted by Crippen LogP contribution is -2.32. The van der Waals surface area contributed by atoms with Crippen molar-refractivity contribution in [1.29, 1.82) is 0 Å². The number of benzene rings is 3. The van der Waals surface area contributed by atoms with Crippen LogP contribution in [0.25, 0.3) is 6.08 Å². The molecular weight excluding hydrogens is 544 g/mol. The SMILES string of the molecule is COc1cc(/C=C2/SC(=Nc3ccccc3)N([C@@H](C)c3ccccc3)C2=O)cc(Br)c1OCC(=O)O. The standard InChI is InChI=1S/C27H23BrN2O5S/c1-17(19-9-5-3-6-10-19)30-26(33)23(36-27(30)29-20-11-7-4-8-12-20)15-18-13-21(28)25(22(14-18)34-2)35-16-24(31)32/h3-15,17H,16H2,1-2H3,(H,31,32)/b23-15+,29-27?/t17-/m0/s1. The molecule has 4 rings (SSSR count). The second-order valence-corrected chi connectivity index (χ2v) is 9.68. The van der Waals surface area contributed by atoms with Crippen LogP contribution in [0.5, 0.6) is 11.5 Å². The summed E-state index contributed by atoms with van der Waals surface area (Å²) >= 11 is 4.72. The van der Waals surface area contributed by atoms with Crippen molar-refractivity contribution in [1.82, 2.24) is 4.90 Å². The number of carbonyl (C=O) groups is 2. The maximum absolute atomic E-state index is 13.6. The van der Waals surface area contributed by atoms with Crippen LogP contribution in [0.4, 0.5) is 5.69 Å². The number of carboxylic acid groups (broad SMARTS) is 1. The molecule has 36 heavy (non-hydrogen) atoms. The summed E-state index contributed by atoms with van der Waals surface area (Å²) in [6.45, 7) is 1.47. The first-order chi connectivity index (χ1) is 17.4. The minimum absolute atomic E-state index is 0.160. The van der Waals surface area contributed by atoms with Gasteiger partial charge in [0.2, 0.25) is 0 Å². The maximum atomic E-state index is 13.6. The van der Waals surface area contributed by atoms with Crippen LogP contribution < -0.4 is 9.47 Å². The fourth-order valence-electron chi connectivity index (χ4n) is 3.65. The van der Waals surface area contributed by atoms with E-state index in [1.165, 1.54) is 18.9 Å². The molecule has 1 atom stereocenters. The van der Waals surface area contributed by atoms with E-state index in [9.17, 15) is 9.59 Å². The third-order valence-electron chi connectivity index (χ3n) is 5.38. The van der Waals surface area contributed by atoms with Crippen molar-refractivity contribution in [3.8, 4) is 11.5 Å². The van der Waals surface area contributed by atoms with E-state index in [4.69, 9.17) is 19.6 Å². The zero-order valence-electron chi connectivity index (χ0n) is 19.6. The third-order valence-corrected chi connectivity index (χ3v) is 6.95. The second kappa shape index (κ2) is 11.5. The van der Waals surface area contributed by atoms with Gasteiger partial charge < -0.3 is 14.6 Å². The van der Waals surface area contributed by atoms with Crippen molar-refractivity contribution in [2.24, 2.45) is 4.99 Å². The van der Waals surface area contributed by atoms with Gasteiger partial charge in [0.05, 0.1) is 28.2 Å². The molecule has 1 N–H and O–H groups in total. The number of amides is 1. The van der Waals surface area contributed by atoms with Crippen LogP contribution in [0.3, 0.4) is 0 Å². The van der Waals surface area contributed by atoms with Crippen LogP contribution in [0, 0.1) is 0 Å². The number of halogens is 1. The Bertz CT molecular complexity index is 1330. The molecule has 0 saturated carbocycles. The molecule has 3 aromatic rings. The van der Waals surface area contributed by atoms with Crippen LogP contribution in [0.1, 0.15) is 24.1 Å². The predicted molar refractivity (Wildman–Crippen MR) is 145 cm³/mol. The van der Waals surface area contributed by atoms with Crippen molar-refractivity contribution in [3.63, 3.8) is 0 Å². The average molecular weight is 567 g/mol. The number of rotatable bonds is 8. The summed E-state index contributed by atoms with van der Waals surface area (Å²) in [5, 5.41) is 9.52. The van der Waals surface area contributed by atoms with E-state index < -0.39 is 12.6 Å². The molecule has 0 unspecified atom stereocenters. The summed E-state index contributed by atoms with van der Waals surface area (Å²) < 4.78 is 11.3. The van der Waals surface area contributed by atoms with Gasteiger partial charge in [0, 0.05) is 0 Å². The van der Waals surface area contributed by atoms with Crippen molar-refractivity contribution >= 4 is 56.5 Å². The highest BCUT2D eigenvalue weighted by molar-refractivity contribution is 9.10. The summed E-state index contributed by atoms with van der Waals surface area (Å²) in [6.07, 6.45) is 1.76. The van der Waals surface area contributed by atoms with E-state index in [0.29, 0.717) is 25.9 Å². The van der Waals surface area contributed by atoms with Crippen LogP contribution in [-0.2, 0) is 9.59 Å². The predicted octanol–water partition coefficient (Wildman–Crippen LogP) is 6.29. The monoisotopic (exact) mass is 566 g/mol. The summed E-state index contributed by atoms with van der Waals surface area (Å²) in [5.74, 6) is -0.632. The number of thioether (sulfide) groups is 1. The number of amidine groups is 1. The Morgan fingerprint density at radius 3 is 2.44 bits per heavy atom. The van der Waals surface area contributed by atoms with Gasteiger partial charge in [0.15, 0.2) is 23.3 Å². The van der Waals surface area contributed by atoms with Gasteiger partial charge in [-0.1, -0.05) is 48.5 Å². The number of methoxy groups -OCH3 is 1. The number of carbonyl (C=O) groups excluding carboxylic acids is 1. The molecule has 1 saturated heterocycles. The molecule has 0 radical (unpaired) electrons. The number of carboxylic acids is 1. The molecule has 1 amide bonds. The molecule has 3 aromatic carbocycles. The fourth-order valence-corrected chi connectivity index (χ4v) is 5.29. The molecule has 184 valence electrons. The van der Waals surface area contributed by atoms with E-state index in [1.54, 1.807) is 23.1 Å². The Labute approximate surface area is 221 Å². The first-order valence-electron chi connectivity index (χ1n) is 11.0. The largest absolute Gasteiger partial charge is 0.493 e. The van der Waals surface area contributed by atoms with Gasteiger partial charge in [0.1, 0.15) is 0 Å². The minimum atomic E-state index is -1.10. The smallest absolute Gasteiger partial charge is 0.341 e. The first kappa shape index (κ1) is 25.5. The molecular formula is C27H23BrN2O5S. The molecule has 9 heteroatoms. The number of aliphatic carboxylic acids is 1. The Hall–Kier alpha value is -3.56. The number of nitrogens with zero attached hydrogens (tertiary/aromatic N) is 2. The maximum Gasteiger partial charge on any atom is 0.341 e. The highest BCUT2D eigenvalue weighted by Crippen LogP contribution is 2.41. The topological polar surface area (TPSA) is 88.4 Å². The second-order valence-electron chi connectivity index (χ2n) is 7.82. The lowest BCUT2D eigenvalue weighted by Gasteiger charge is -2.24. The van der Waals surface area contributed by atoms with E-state index in [1.807, 2.05) is 67.6 Å². The Balaban J connectivity index is 1.72. The van der Waals surface area contributed by atoms with Gasteiger partial charge in [-0.25, -0.2) is 9.79 Å². The quantitative estimate of drug-likeness (QED) is 0.322. The molecule has 1 fully saturated rings. The molecule has 7 nitrogen and oxygen atoms in total. The summed E-state index contributed by atoms with van der Waals surface area (Å²) in [5.41, 5.74) is 2.44. The first-order valence-corrected chi connectivity index (χ1v) is 12.6. The Morgan fingerprint density at radius 2 is 1.81 bits per heavy atom. The number of aliphatic imine (C=N–C) groups is 1. The molecule has 0 bridgehead atoms. The van der Waals surface area contributed by atoms with Crippen LogP contribution in [-0.4, -0.2) is 40.8 Å². The fraction of sp³-hybridized carbons (Fsp3) is 0.148.